The van der Waals surface area contributed by atoms with Crippen molar-refractivity contribution in [2.24, 2.45) is 4.99 Å². The number of carbonyl (C=O) groups is 7. The lowest BCUT2D eigenvalue weighted by Crippen LogP contribution is -2.44. The first-order valence-electron chi connectivity index (χ1n) is 26.5. The molecule has 0 bridgehead atoms. The molecule has 0 aliphatic rings. The van der Waals surface area contributed by atoms with Gasteiger partial charge in [-0.2, -0.15) is 4.90 Å². The van der Waals surface area contributed by atoms with Crippen LogP contribution in [0, 0.1) is 34.6 Å². The van der Waals surface area contributed by atoms with Crippen molar-refractivity contribution < 1.29 is 66.7 Å². The van der Waals surface area contributed by atoms with Crippen LogP contribution in [-0.2, 0) is 33.2 Å². The number of benzene rings is 2. The number of nitrogens with zero attached hydrogens (tertiary/aromatic N) is 7. The summed E-state index contributed by atoms with van der Waals surface area (Å²) in [4.78, 5) is 108. The number of aromatic nitrogens is 5. The summed E-state index contributed by atoms with van der Waals surface area (Å²) < 4.78 is 34.6. The van der Waals surface area contributed by atoms with Gasteiger partial charge in [-0.05, 0) is 166 Å². The molecule has 23 nitrogen and oxygen atoms in total. The van der Waals surface area contributed by atoms with E-state index in [1.807, 2.05) is 94.4 Å². The summed E-state index contributed by atoms with van der Waals surface area (Å²) in [5, 5.41) is 0.321. The molecular formula is C63H70Br2ClN9O14. The summed E-state index contributed by atoms with van der Waals surface area (Å²) in [6.07, 6.45) is 2.78. The van der Waals surface area contributed by atoms with Crippen LogP contribution in [0.3, 0.4) is 0 Å². The van der Waals surface area contributed by atoms with E-state index in [0.717, 1.165) is 39.1 Å². The Hall–Kier alpha value is -9.20. The monoisotopic (exact) mass is 1370 g/mol. The normalized spacial score (nSPS) is 10.4. The number of nitrogen functional groups attached to an aromatic ring is 2. The van der Waals surface area contributed by atoms with Crippen molar-refractivity contribution in [3.63, 3.8) is 0 Å². The predicted molar refractivity (Wildman–Crippen MR) is 344 cm³/mol. The Morgan fingerprint density at radius 2 is 0.843 bits per heavy atom. The Bertz CT molecular complexity index is 3560. The summed E-state index contributed by atoms with van der Waals surface area (Å²) in [5.41, 5.74) is 17.8. The largest absolute Gasteiger partial charge is 0.464 e. The fourth-order valence-corrected chi connectivity index (χ4v) is 7.77. The lowest BCUT2D eigenvalue weighted by molar-refractivity contribution is 0.0426. The Balaban J connectivity index is 0.000000305. The van der Waals surface area contributed by atoms with Gasteiger partial charge in [0, 0.05) is 29.7 Å². The highest BCUT2D eigenvalue weighted by Gasteiger charge is 2.36. The van der Waals surface area contributed by atoms with Gasteiger partial charge >= 0.3 is 42.0 Å². The number of carbonyl (C=O) groups excluding carboxylic acids is 7. The molecule has 0 atom stereocenters. The van der Waals surface area contributed by atoms with Crippen molar-refractivity contribution in [2.45, 2.75) is 87.4 Å². The number of anilines is 3. The number of pyridine rings is 5. The van der Waals surface area contributed by atoms with Gasteiger partial charge in [-0.15, -0.1) is 0 Å². The van der Waals surface area contributed by atoms with E-state index in [2.05, 4.69) is 71.0 Å². The Morgan fingerprint density at radius 3 is 1.28 bits per heavy atom. The third-order valence-electron chi connectivity index (χ3n) is 11.0. The molecule has 5 aromatic heterocycles. The van der Waals surface area contributed by atoms with Crippen molar-refractivity contribution in [3.05, 3.63) is 191 Å². The molecule has 0 radical (unpaired) electrons. The minimum absolute atomic E-state index is 0.0916. The van der Waals surface area contributed by atoms with Gasteiger partial charge in [-0.3, -0.25) is 0 Å². The summed E-state index contributed by atoms with van der Waals surface area (Å²) in [7, 11) is 6.39. The van der Waals surface area contributed by atoms with Crippen LogP contribution < -0.4 is 16.4 Å². The van der Waals surface area contributed by atoms with E-state index < -0.39 is 53.2 Å². The van der Waals surface area contributed by atoms with Crippen molar-refractivity contribution in [3.8, 4) is 0 Å². The van der Waals surface area contributed by atoms with Gasteiger partial charge in [-0.1, -0.05) is 72.3 Å². The van der Waals surface area contributed by atoms with E-state index in [9.17, 15) is 33.6 Å². The molecule has 2 amide bonds. The zero-order valence-electron chi connectivity index (χ0n) is 52.0. The van der Waals surface area contributed by atoms with Gasteiger partial charge in [0.2, 0.25) is 0 Å². The number of hydrogen-bond acceptors (Lipinski definition) is 22. The smallest absolute Gasteiger partial charge is 0.424 e. The molecule has 0 saturated carbocycles. The predicted octanol–water partition coefficient (Wildman–Crippen LogP) is 13.1. The van der Waals surface area contributed by atoms with E-state index in [-0.39, 0.29) is 34.2 Å². The molecule has 0 fully saturated rings. The maximum Gasteiger partial charge on any atom is 0.424 e. The minimum Gasteiger partial charge on any atom is -0.464 e. The number of aryl methyl sites for hydroxylation is 5. The maximum atomic E-state index is 12.8. The topological polar surface area (TPSA) is 316 Å². The van der Waals surface area contributed by atoms with Crippen molar-refractivity contribution >= 4 is 114 Å². The Labute approximate surface area is 538 Å². The second-order valence-corrected chi connectivity index (χ2v) is 22.5. The molecule has 26 heteroatoms. The second-order valence-electron chi connectivity index (χ2n) is 20.6. The molecule has 0 aliphatic carbocycles. The molecule has 5 heterocycles. The Kier molecular flexibility index (Phi) is 28.6. The first-order chi connectivity index (χ1) is 41.7. The van der Waals surface area contributed by atoms with E-state index in [4.69, 9.17) is 47.0 Å². The molecule has 7 rings (SSSR count). The van der Waals surface area contributed by atoms with Crippen LogP contribution in [0.1, 0.15) is 133 Å². The van der Waals surface area contributed by atoms with Crippen molar-refractivity contribution in [1.82, 2.24) is 24.9 Å². The molecule has 89 heavy (non-hydrogen) atoms. The highest BCUT2D eigenvalue weighted by atomic mass is 79.9. The van der Waals surface area contributed by atoms with E-state index in [0.29, 0.717) is 41.8 Å². The fraction of sp³-hybridized carbons (Fsp3) is 0.286. The lowest BCUT2D eigenvalue weighted by atomic mass is 10.0. The third kappa shape index (κ3) is 23.1. The van der Waals surface area contributed by atoms with Crippen LogP contribution in [0.5, 0.6) is 0 Å². The number of methoxy groups -OCH3 is 5. The number of esters is 5. The van der Waals surface area contributed by atoms with Gasteiger partial charge in [0.25, 0.3) is 0 Å². The van der Waals surface area contributed by atoms with E-state index >= 15 is 0 Å². The van der Waals surface area contributed by atoms with Crippen LogP contribution >= 0.6 is 43.5 Å². The molecule has 0 saturated heterocycles. The van der Waals surface area contributed by atoms with Gasteiger partial charge in [-0.25, -0.2) is 63.5 Å². The first kappa shape index (κ1) is 74.1. The van der Waals surface area contributed by atoms with Crippen LogP contribution in [0.15, 0.2) is 124 Å². The first-order valence-corrected chi connectivity index (χ1v) is 28.4. The number of imide groups is 1. The number of rotatable bonds is 9. The van der Waals surface area contributed by atoms with Crippen LogP contribution in [0.2, 0.25) is 5.02 Å². The number of aliphatic imine (C=N–C) groups is 1. The zero-order valence-corrected chi connectivity index (χ0v) is 56.0. The number of nitrogens with two attached hydrogens (primary N) is 2. The molecule has 2 aromatic carbocycles. The van der Waals surface area contributed by atoms with Crippen LogP contribution in [0.4, 0.5) is 32.3 Å². The number of ether oxygens (including phenoxy) is 7. The minimum atomic E-state index is -0.995. The summed E-state index contributed by atoms with van der Waals surface area (Å²) in [6, 6.07) is 28.0. The summed E-state index contributed by atoms with van der Waals surface area (Å²) in [5.74, 6) is -2.87. The van der Waals surface area contributed by atoms with E-state index in [1.165, 1.54) is 41.6 Å². The van der Waals surface area contributed by atoms with Gasteiger partial charge < -0.3 is 44.6 Å². The lowest BCUT2D eigenvalue weighted by Gasteiger charge is -2.29. The third-order valence-corrected chi connectivity index (χ3v) is 12.9. The molecule has 0 unspecified atom stereocenters. The average Bonchev–Trinajstić information content (AvgIpc) is 3.49. The van der Waals surface area contributed by atoms with Crippen molar-refractivity contribution in [1.29, 1.82) is 0 Å². The highest BCUT2D eigenvalue weighted by Crippen LogP contribution is 2.30. The second kappa shape index (κ2) is 34.4. The highest BCUT2D eigenvalue weighted by molar-refractivity contribution is 9.10. The fourth-order valence-electron chi connectivity index (χ4n) is 6.89. The number of amides is 2. The average molecular weight is 1370 g/mol. The zero-order chi connectivity index (χ0) is 67.1. The van der Waals surface area contributed by atoms with Crippen molar-refractivity contribution in [2.75, 3.05) is 51.9 Å². The SMILES string of the molecule is COC(=O)c1nc(Br)c(C)cc1N.COC(=O)c1nc(Br)c(C)cc1N(C(=O)OC(C)(C)C)C(=O)OC(C)(C)C.COC(=O)c1ncc(C)cc1Cl.COC(=O)c1ncc(C)cc1N.COC(=O)c1ncc(C)cc1N=C(c1ccccc1)c1ccccc1. The molecule has 472 valence electrons. The molecular weight excluding hydrogens is 1300 g/mol. The number of hydrogen-bond donors (Lipinski definition) is 2. The van der Waals surface area contributed by atoms with E-state index in [1.54, 1.807) is 85.3 Å². The van der Waals surface area contributed by atoms with Crippen LogP contribution in [0.25, 0.3) is 0 Å². The summed E-state index contributed by atoms with van der Waals surface area (Å²) in [6.45, 7) is 19.1. The van der Waals surface area contributed by atoms with Gasteiger partial charge in [0.15, 0.2) is 28.5 Å². The summed E-state index contributed by atoms with van der Waals surface area (Å²) >= 11 is 12.2. The van der Waals surface area contributed by atoms with Gasteiger partial charge in [0.1, 0.15) is 20.4 Å². The molecule has 7 aromatic rings. The maximum absolute atomic E-state index is 12.8. The molecule has 0 spiro atoms. The molecule has 4 N–H and O–H groups in total. The standard InChI is InChI=1S/C21H18N2O2.C18H25BrN2O6.C8H9BrN2O2.C8H8ClNO2.C8H10N2O2/c1-15-13-18(20(22-14-15)21(24)25-2)23-19(16-9-5-3-6-10-16)17-11-7-4-8-12-17;1-10-9-11(12(14(22)25-8)20-13(10)19)21(15(23)26-17(2,3)4)16(24)27-18(5,6)7;1-4-3-5(10)6(8(12)13-2)11-7(4)9;2*1-5-3-6(9)7(10-4-5)8(11)12-2/h3-14H,1-2H3;9H,1-8H3;3H,10H2,1-2H3;3-4H,1-2H3;3-4H,9H2,1-2H3. The molecule has 0 aliphatic heterocycles. The van der Waals surface area contributed by atoms with Gasteiger partial charge in [0.05, 0.1) is 69.0 Å². The van der Waals surface area contributed by atoms with Crippen LogP contribution in [-0.4, -0.2) is 119 Å². The number of halogens is 3. The quantitative estimate of drug-likeness (QED) is 0.0587. The Morgan fingerprint density at radius 1 is 0.483 bits per heavy atom.